The number of hydrogen-bond acceptors (Lipinski definition) is 5. The number of halogens is 3. The van der Waals surface area contributed by atoms with Crippen molar-refractivity contribution in [3.63, 3.8) is 0 Å². The zero-order valence-electron chi connectivity index (χ0n) is 11.8. The average molecular weight is 305 g/mol. The second-order valence-electron chi connectivity index (χ2n) is 4.24. The van der Waals surface area contributed by atoms with Crippen molar-refractivity contribution < 1.29 is 18.0 Å². The van der Waals surface area contributed by atoms with Crippen molar-refractivity contribution >= 4 is 17.7 Å². The summed E-state index contributed by atoms with van der Waals surface area (Å²) in [5, 5.41) is 7.83. The van der Waals surface area contributed by atoms with Gasteiger partial charge < -0.3 is 16.0 Å². The molecular weight excluding hydrogens is 287 g/mol. The Bertz CT molecular complexity index is 478. The van der Waals surface area contributed by atoms with E-state index in [1.54, 1.807) is 0 Å². The first-order chi connectivity index (χ1) is 9.86. The first-order valence-corrected chi connectivity index (χ1v) is 6.51. The summed E-state index contributed by atoms with van der Waals surface area (Å²) < 4.78 is 38.3. The molecule has 6 nitrogen and oxygen atoms in total. The van der Waals surface area contributed by atoms with Crippen LogP contribution >= 0.6 is 0 Å². The summed E-state index contributed by atoms with van der Waals surface area (Å²) in [6.45, 7) is 2.53. The van der Waals surface area contributed by atoms with Crippen molar-refractivity contribution in [1.29, 1.82) is 0 Å². The van der Waals surface area contributed by atoms with Crippen LogP contribution in [0.5, 0.6) is 0 Å². The molecule has 0 unspecified atom stereocenters. The van der Waals surface area contributed by atoms with E-state index < -0.39 is 11.9 Å². The lowest BCUT2D eigenvalue weighted by atomic mass is 10.3. The van der Waals surface area contributed by atoms with Gasteiger partial charge in [0.05, 0.1) is 0 Å². The molecule has 1 heterocycles. The summed E-state index contributed by atoms with van der Waals surface area (Å²) in [6.07, 6.45) is -3.68. The number of amides is 1. The third-order valence-corrected chi connectivity index (χ3v) is 2.49. The van der Waals surface area contributed by atoms with Crippen molar-refractivity contribution in [3.05, 3.63) is 11.8 Å². The van der Waals surface area contributed by atoms with Crippen LogP contribution in [0.15, 0.2) is 6.07 Å². The van der Waals surface area contributed by atoms with Crippen LogP contribution in [0.25, 0.3) is 0 Å². The van der Waals surface area contributed by atoms with Gasteiger partial charge in [0, 0.05) is 32.6 Å². The zero-order valence-corrected chi connectivity index (χ0v) is 11.8. The Kier molecular flexibility index (Phi) is 6.19. The molecule has 0 saturated carbocycles. The van der Waals surface area contributed by atoms with Gasteiger partial charge in [0.15, 0.2) is 5.69 Å². The van der Waals surface area contributed by atoms with Crippen LogP contribution in [0.4, 0.5) is 24.9 Å². The summed E-state index contributed by atoms with van der Waals surface area (Å²) >= 11 is 0. The maximum Gasteiger partial charge on any atom is 0.433 e. The number of rotatable bonds is 7. The Morgan fingerprint density at radius 3 is 2.52 bits per heavy atom. The predicted molar refractivity (Wildman–Crippen MR) is 73.0 cm³/mol. The lowest BCUT2D eigenvalue weighted by Crippen LogP contribution is -2.21. The molecule has 0 radical (unpaired) electrons. The molecule has 0 fully saturated rings. The molecule has 118 valence electrons. The Labute approximate surface area is 120 Å². The van der Waals surface area contributed by atoms with Crippen molar-refractivity contribution in [2.24, 2.45) is 0 Å². The van der Waals surface area contributed by atoms with Crippen molar-refractivity contribution in [1.82, 2.24) is 15.3 Å². The molecular formula is C12H18F3N5O. The first kappa shape index (κ1) is 17.0. The normalized spacial score (nSPS) is 11.1. The van der Waals surface area contributed by atoms with Crippen LogP contribution in [0, 0.1) is 0 Å². The second kappa shape index (κ2) is 7.65. The number of nitrogens with one attached hydrogen (secondary N) is 3. The fraction of sp³-hybridized carbons (Fsp3) is 0.583. The predicted octanol–water partition coefficient (Wildman–Crippen LogP) is 1.87. The van der Waals surface area contributed by atoms with E-state index in [0.717, 1.165) is 12.5 Å². The van der Waals surface area contributed by atoms with Crippen molar-refractivity contribution in [2.45, 2.75) is 25.9 Å². The molecule has 1 aromatic heterocycles. The van der Waals surface area contributed by atoms with E-state index in [1.165, 1.54) is 7.05 Å². The van der Waals surface area contributed by atoms with Gasteiger partial charge in [0.1, 0.15) is 5.82 Å². The van der Waals surface area contributed by atoms with Crippen molar-refractivity contribution in [2.75, 3.05) is 30.8 Å². The smallest absolute Gasteiger partial charge is 0.369 e. The Balaban J connectivity index is 2.83. The third kappa shape index (κ3) is 5.84. The van der Waals surface area contributed by atoms with Gasteiger partial charge >= 0.3 is 6.18 Å². The summed E-state index contributed by atoms with van der Waals surface area (Å²) in [5.74, 6) is -0.272. The van der Waals surface area contributed by atoms with E-state index in [0.29, 0.717) is 6.54 Å². The molecule has 21 heavy (non-hydrogen) atoms. The summed E-state index contributed by atoms with van der Waals surface area (Å²) in [6, 6.07) is 0.820. The average Bonchev–Trinajstić information content (AvgIpc) is 2.43. The van der Waals surface area contributed by atoms with Crippen LogP contribution in [0.3, 0.4) is 0 Å². The SMILES string of the molecule is CCCNc1nc(NCCC(=O)NC)cc(C(F)(F)F)n1. The third-order valence-electron chi connectivity index (χ3n) is 2.49. The quantitative estimate of drug-likeness (QED) is 0.716. The molecule has 0 aliphatic carbocycles. The number of carbonyl (C=O) groups excluding carboxylic acids is 1. The minimum atomic E-state index is -4.55. The number of hydrogen-bond donors (Lipinski definition) is 3. The van der Waals surface area contributed by atoms with Gasteiger partial charge in [-0.2, -0.15) is 18.2 Å². The molecule has 0 spiro atoms. The maximum atomic E-state index is 12.8. The number of anilines is 2. The van der Waals surface area contributed by atoms with Crippen LogP contribution in [-0.2, 0) is 11.0 Å². The van der Waals surface area contributed by atoms with Gasteiger partial charge in [-0.25, -0.2) is 4.98 Å². The minimum absolute atomic E-state index is 0.0276. The van der Waals surface area contributed by atoms with E-state index >= 15 is 0 Å². The van der Waals surface area contributed by atoms with Gasteiger partial charge in [-0.15, -0.1) is 0 Å². The molecule has 0 aliphatic rings. The van der Waals surface area contributed by atoms with Crippen molar-refractivity contribution in [3.8, 4) is 0 Å². The molecule has 0 atom stereocenters. The molecule has 0 aromatic carbocycles. The van der Waals surface area contributed by atoms with Crippen LogP contribution in [0.2, 0.25) is 0 Å². The highest BCUT2D eigenvalue weighted by Gasteiger charge is 2.33. The Morgan fingerprint density at radius 2 is 1.95 bits per heavy atom. The maximum absolute atomic E-state index is 12.8. The largest absolute Gasteiger partial charge is 0.433 e. The standard InChI is InChI=1S/C12H18F3N5O/c1-3-5-18-11-19-8(12(13,14)15)7-9(20-11)17-6-4-10(21)16-2/h7H,3-6H2,1-2H3,(H,16,21)(H2,17,18,19,20). The topological polar surface area (TPSA) is 78.9 Å². The van der Waals surface area contributed by atoms with E-state index in [1.807, 2.05) is 6.92 Å². The van der Waals surface area contributed by atoms with Crippen LogP contribution in [0.1, 0.15) is 25.5 Å². The summed E-state index contributed by atoms with van der Waals surface area (Å²) in [4.78, 5) is 18.4. The summed E-state index contributed by atoms with van der Waals surface area (Å²) in [5.41, 5.74) is -1.03. The molecule has 1 amide bonds. The fourth-order valence-corrected chi connectivity index (χ4v) is 1.43. The molecule has 9 heteroatoms. The van der Waals surface area contributed by atoms with Crippen LogP contribution in [-0.4, -0.2) is 36.0 Å². The molecule has 0 bridgehead atoms. The van der Waals surface area contributed by atoms with Gasteiger partial charge in [-0.05, 0) is 6.42 Å². The number of alkyl halides is 3. The first-order valence-electron chi connectivity index (χ1n) is 6.51. The zero-order chi connectivity index (χ0) is 15.9. The Hall–Kier alpha value is -2.06. The Morgan fingerprint density at radius 1 is 1.24 bits per heavy atom. The second-order valence-corrected chi connectivity index (χ2v) is 4.24. The highest BCUT2D eigenvalue weighted by atomic mass is 19.4. The van der Waals surface area contributed by atoms with E-state index in [4.69, 9.17) is 0 Å². The van der Waals surface area contributed by atoms with Gasteiger partial charge in [-0.3, -0.25) is 4.79 Å². The molecule has 1 aromatic rings. The molecule has 0 saturated heterocycles. The van der Waals surface area contributed by atoms with Crippen LogP contribution < -0.4 is 16.0 Å². The molecule has 1 rings (SSSR count). The molecule has 3 N–H and O–H groups in total. The van der Waals surface area contributed by atoms with E-state index in [9.17, 15) is 18.0 Å². The highest BCUT2D eigenvalue weighted by Crippen LogP contribution is 2.29. The van der Waals surface area contributed by atoms with Gasteiger partial charge in [0.25, 0.3) is 0 Å². The monoisotopic (exact) mass is 305 g/mol. The summed E-state index contributed by atoms with van der Waals surface area (Å²) in [7, 11) is 1.49. The lowest BCUT2D eigenvalue weighted by molar-refractivity contribution is -0.141. The van der Waals surface area contributed by atoms with E-state index in [2.05, 4.69) is 25.9 Å². The van der Waals surface area contributed by atoms with Gasteiger partial charge in [-0.1, -0.05) is 6.92 Å². The number of aromatic nitrogens is 2. The number of carbonyl (C=O) groups is 1. The molecule has 0 aliphatic heterocycles. The highest BCUT2D eigenvalue weighted by molar-refractivity contribution is 5.76. The minimum Gasteiger partial charge on any atom is -0.369 e. The van der Waals surface area contributed by atoms with E-state index in [-0.39, 0.29) is 30.6 Å². The van der Waals surface area contributed by atoms with Gasteiger partial charge in [0.2, 0.25) is 11.9 Å². The lowest BCUT2D eigenvalue weighted by Gasteiger charge is -2.12. The number of nitrogens with zero attached hydrogens (tertiary/aromatic N) is 2. The fourth-order valence-electron chi connectivity index (χ4n) is 1.43.